The highest BCUT2D eigenvalue weighted by molar-refractivity contribution is 5.89. The highest BCUT2D eigenvalue weighted by Gasteiger charge is 2.24. The van der Waals surface area contributed by atoms with E-state index in [0.717, 1.165) is 5.56 Å². The van der Waals surface area contributed by atoms with E-state index in [0.29, 0.717) is 0 Å². The number of carbonyl (C=O) groups excluding carboxylic acids is 3. The van der Waals surface area contributed by atoms with Gasteiger partial charge in [-0.1, -0.05) is 30.3 Å². The summed E-state index contributed by atoms with van der Waals surface area (Å²) in [6.45, 7) is 5.86. The van der Waals surface area contributed by atoms with E-state index in [9.17, 15) is 19.2 Å². The van der Waals surface area contributed by atoms with Crippen LogP contribution in [0, 0.1) is 0 Å². The third kappa shape index (κ3) is 13.1. The molecule has 1 aromatic carbocycles. The first-order valence-corrected chi connectivity index (χ1v) is 10.1. The Hall–Kier alpha value is -3.34. The van der Waals surface area contributed by atoms with Crippen molar-refractivity contribution in [3.05, 3.63) is 35.9 Å². The number of amides is 3. The Morgan fingerprint density at radius 2 is 1.59 bits per heavy atom. The first-order chi connectivity index (χ1) is 15.1. The first kappa shape index (κ1) is 26.7. The third-order valence-corrected chi connectivity index (χ3v) is 3.66. The minimum Gasteiger partial charge on any atom is -0.481 e. The van der Waals surface area contributed by atoms with Crippen LogP contribution in [0.3, 0.4) is 0 Å². The monoisotopic (exact) mass is 453 g/mol. The normalized spacial score (nSPS) is 11.7. The van der Waals surface area contributed by atoms with Gasteiger partial charge in [-0.25, -0.2) is 9.59 Å². The summed E-state index contributed by atoms with van der Waals surface area (Å²) < 4.78 is 15.4. The summed E-state index contributed by atoms with van der Waals surface area (Å²) in [6.07, 6.45) is -2.07. The number of hydrogen-bond donors (Lipinski definition) is 4. The predicted octanol–water partition coefficient (Wildman–Crippen LogP) is 1.41. The van der Waals surface area contributed by atoms with E-state index in [-0.39, 0.29) is 32.9 Å². The van der Waals surface area contributed by atoms with Crippen LogP contribution in [0.5, 0.6) is 0 Å². The van der Waals surface area contributed by atoms with Crippen LogP contribution in [-0.4, -0.2) is 67.1 Å². The number of aliphatic carboxylic acids is 1. The highest BCUT2D eigenvalue weighted by atomic mass is 16.6. The number of hydrogen-bond acceptors (Lipinski definition) is 7. The first-order valence-electron chi connectivity index (χ1n) is 10.1. The number of carboxylic acids is 1. The Balaban J connectivity index is 2.29. The van der Waals surface area contributed by atoms with E-state index in [1.165, 1.54) is 0 Å². The SMILES string of the molecule is CC(C)(C)OC(=O)NCCOCCNC(=O)C(CC(=O)O)NC(=O)OCc1ccccc1. The smallest absolute Gasteiger partial charge is 0.408 e. The summed E-state index contributed by atoms with van der Waals surface area (Å²) in [5.41, 5.74) is 0.157. The van der Waals surface area contributed by atoms with Gasteiger partial charge in [-0.2, -0.15) is 0 Å². The van der Waals surface area contributed by atoms with Gasteiger partial charge in [0.1, 0.15) is 18.2 Å². The van der Waals surface area contributed by atoms with Gasteiger partial charge < -0.3 is 35.3 Å². The van der Waals surface area contributed by atoms with Crippen molar-refractivity contribution < 1.29 is 38.5 Å². The zero-order chi connectivity index (χ0) is 24.0. The second-order valence-electron chi connectivity index (χ2n) is 7.69. The molecule has 11 nitrogen and oxygen atoms in total. The van der Waals surface area contributed by atoms with Gasteiger partial charge in [0, 0.05) is 13.1 Å². The van der Waals surface area contributed by atoms with Crippen molar-refractivity contribution in [2.45, 2.75) is 45.4 Å². The molecule has 0 bridgehead atoms. The number of benzene rings is 1. The van der Waals surface area contributed by atoms with Crippen LogP contribution in [0.4, 0.5) is 9.59 Å². The molecular weight excluding hydrogens is 422 g/mol. The lowest BCUT2D eigenvalue weighted by Crippen LogP contribution is -2.48. The highest BCUT2D eigenvalue weighted by Crippen LogP contribution is 2.06. The number of carboxylic acid groups (broad SMARTS) is 1. The minimum absolute atomic E-state index is 0.0146. The maximum Gasteiger partial charge on any atom is 0.408 e. The largest absolute Gasteiger partial charge is 0.481 e. The average molecular weight is 453 g/mol. The van der Waals surface area contributed by atoms with Crippen molar-refractivity contribution in [1.29, 1.82) is 0 Å². The van der Waals surface area contributed by atoms with Gasteiger partial charge in [0.05, 0.1) is 19.6 Å². The molecule has 11 heteroatoms. The Morgan fingerprint density at radius 1 is 0.969 bits per heavy atom. The summed E-state index contributed by atoms with van der Waals surface area (Å²) in [6, 6.07) is 7.61. The average Bonchev–Trinajstić information content (AvgIpc) is 2.70. The summed E-state index contributed by atoms with van der Waals surface area (Å²) >= 11 is 0. The van der Waals surface area contributed by atoms with E-state index in [4.69, 9.17) is 19.3 Å². The van der Waals surface area contributed by atoms with Crippen LogP contribution in [0.1, 0.15) is 32.8 Å². The van der Waals surface area contributed by atoms with Gasteiger partial charge in [-0.05, 0) is 26.3 Å². The molecule has 1 unspecified atom stereocenters. The summed E-state index contributed by atoms with van der Waals surface area (Å²) in [5, 5.41) is 16.3. The number of ether oxygens (including phenoxy) is 3. The summed E-state index contributed by atoms with van der Waals surface area (Å²) in [4.78, 5) is 46.7. The molecule has 178 valence electrons. The number of rotatable bonds is 12. The Morgan fingerprint density at radius 3 is 2.19 bits per heavy atom. The Kier molecular flexibility index (Phi) is 11.6. The molecule has 1 atom stereocenters. The van der Waals surface area contributed by atoms with Crippen LogP contribution in [-0.2, 0) is 30.4 Å². The van der Waals surface area contributed by atoms with Crippen molar-refractivity contribution in [3.8, 4) is 0 Å². The van der Waals surface area contributed by atoms with E-state index >= 15 is 0 Å². The van der Waals surface area contributed by atoms with Crippen LogP contribution in [0.15, 0.2) is 30.3 Å². The topological polar surface area (TPSA) is 152 Å². The maximum absolute atomic E-state index is 12.2. The van der Waals surface area contributed by atoms with Crippen LogP contribution < -0.4 is 16.0 Å². The molecule has 0 aliphatic heterocycles. The van der Waals surface area contributed by atoms with Crippen LogP contribution in [0.25, 0.3) is 0 Å². The Labute approximate surface area is 186 Å². The second kappa shape index (κ2) is 13.9. The lowest BCUT2D eigenvalue weighted by Gasteiger charge is -2.19. The molecule has 1 aromatic rings. The van der Waals surface area contributed by atoms with Crippen molar-refractivity contribution in [3.63, 3.8) is 0 Å². The van der Waals surface area contributed by atoms with E-state index in [1.54, 1.807) is 45.0 Å². The van der Waals surface area contributed by atoms with Gasteiger partial charge >= 0.3 is 18.2 Å². The molecular formula is C21H31N3O8. The van der Waals surface area contributed by atoms with Crippen LogP contribution >= 0.6 is 0 Å². The molecule has 3 amide bonds. The molecule has 1 rings (SSSR count). The van der Waals surface area contributed by atoms with Crippen molar-refractivity contribution >= 4 is 24.1 Å². The maximum atomic E-state index is 12.2. The molecule has 0 fully saturated rings. The molecule has 32 heavy (non-hydrogen) atoms. The van der Waals surface area contributed by atoms with E-state index in [1.807, 2.05) is 6.07 Å². The summed E-state index contributed by atoms with van der Waals surface area (Å²) in [7, 11) is 0. The molecule has 0 aromatic heterocycles. The van der Waals surface area contributed by atoms with Gasteiger partial charge in [0.2, 0.25) is 5.91 Å². The van der Waals surface area contributed by atoms with Crippen molar-refractivity contribution in [2.24, 2.45) is 0 Å². The molecule has 0 aliphatic carbocycles. The molecule has 0 radical (unpaired) electrons. The molecule has 0 heterocycles. The zero-order valence-corrected chi connectivity index (χ0v) is 18.5. The molecule has 0 saturated carbocycles. The molecule has 4 N–H and O–H groups in total. The predicted molar refractivity (Wildman–Crippen MR) is 114 cm³/mol. The lowest BCUT2D eigenvalue weighted by atomic mass is 10.2. The van der Waals surface area contributed by atoms with Gasteiger partial charge in [-0.3, -0.25) is 9.59 Å². The number of nitrogens with one attached hydrogen (secondary N) is 3. The fourth-order valence-corrected chi connectivity index (χ4v) is 2.30. The summed E-state index contributed by atoms with van der Waals surface area (Å²) in [5.74, 6) is -1.93. The van der Waals surface area contributed by atoms with Crippen molar-refractivity contribution in [2.75, 3.05) is 26.3 Å². The fourth-order valence-electron chi connectivity index (χ4n) is 2.30. The quantitative estimate of drug-likeness (QED) is 0.347. The Bertz CT molecular complexity index is 749. The standard InChI is InChI=1S/C21H31N3O8/c1-21(2,3)32-19(28)23-10-12-30-11-9-22-18(27)16(13-17(25)26)24-20(29)31-14-15-7-5-4-6-8-15/h4-8,16H,9-14H2,1-3H3,(H,22,27)(H,23,28)(H,24,29)(H,25,26). The van der Waals surface area contributed by atoms with Crippen LogP contribution in [0.2, 0.25) is 0 Å². The molecule has 0 aliphatic rings. The van der Waals surface area contributed by atoms with Crippen molar-refractivity contribution in [1.82, 2.24) is 16.0 Å². The fraction of sp³-hybridized carbons (Fsp3) is 0.524. The second-order valence-corrected chi connectivity index (χ2v) is 7.69. The zero-order valence-electron chi connectivity index (χ0n) is 18.5. The van der Waals surface area contributed by atoms with Gasteiger partial charge in [-0.15, -0.1) is 0 Å². The number of alkyl carbamates (subject to hydrolysis) is 2. The van der Waals surface area contributed by atoms with E-state index < -0.39 is 42.1 Å². The molecule has 0 saturated heterocycles. The van der Waals surface area contributed by atoms with Gasteiger partial charge in [0.15, 0.2) is 0 Å². The lowest BCUT2D eigenvalue weighted by molar-refractivity contribution is -0.139. The van der Waals surface area contributed by atoms with Gasteiger partial charge in [0.25, 0.3) is 0 Å². The number of carbonyl (C=O) groups is 4. The minimum atomic E-state index is -1.30. The third-order valence-electron chi connectivity index (χ3n) is 3.66. The molecule has 0 spiro atoms. The van der Waals surface area contributed by atoms with E-state index in [2.05, 4.69) is 16.0 Å².